The van der Waals surface area contributed by atoms with E-state index >= 15 is 0 Å². The first-order valence-electron chi connectivity index (χ1n) is 7.54. The van der Waals surface area contributed by atoms with Crippen LogP contribution in [0.15, 0.2) is 18.3 Å². The highest BCUT2D eigenvalue weighted by Gasteiger charge is 2.23. The first-order valence-corrected chi connectivity index (χ1v) is 7.54. The number of hydrogen-bond donors (Lipinski definition) is 1. The van der Waals surface area contributed by atoms with Gasteiger partial charge in [0.05, 0.1) is 5.69 Å². The van der Waals surface area contributed by atoms with E-state index < -0.39 is 0 Å². The van der Waals surface area contributed by atoms with E-state index in [1.54, 1.807) is 0 Å². The van der Waals surface area contributed by atoms with Crippen LogP contribution >= 0.6 is 0 Å². The first kappa shape index (κ1) is 14.5. The van der Waals surface area contributed by atoms with E-state index in [2.05, 4.69) is 42.0 Å². The minimum absolute atomic E-state index is 0.570. The van der Waals surface area contributed by atoms with Crippen molar-refractivity contribution < 1.29 is 0 Å². The molecule has 1 atom stereocenters. The zero-order valence-electron chi connectivity index (χ0n) is 12.5. The summed E-state index contributed by atoms with van der Waals surface area (Å²) in [6, 6.07) is 5.42. The zero-order chi connectivity index (χ0) is 13.7. The van der Waals surface area contributed by atoms with Crippen molar-refractivity contribution in [1.29, 1.82) is 0 Å². The average Bonchev–Trinajstić information content (AvgIpc) is 2.40. The number of pyridine rings is 1. The molecule has 1 aliphatic rings. The van der Waals surface area contributed by atoms with Crippen LogP contribution < -0.4 is 5.32 Å². The Morgan fingerprint density at radius 3 is 3.00 bits per heavy atom. The van der Waals surface area contributed by atoms with Gasteiger partial charge in [-0.1, -0.05) is 26.3 Å². The third-order valence-electron chi connectivity index (χ3n) is 3.98. The van der Waals surface area contributed by atoms with Gasteiger partial charge in [0.25, 0.3) is 0 Å². The smallest absolute Gasteiger partial charge is 0.0573 e. The lowest BCUT2D eigenvalue weighted by atomic mass is 10.0. The van der Waals surface area contributed by atoms with Crippen LogP contribution in [-0.4, -0.2) is 35.1 Å². The van der Waals surface area contributed by atoms with E-state index in [1.165, 1.54) is 37.1 Å². The Balaban J connectivity index is 1.97. The second-order valence-electron chi connectivity index (χ2n) is 5.95. The maximum atomic E-state index is 4.54. The second kappa shape index (κ2) is 7.01. The van der Waals surface area contributed by atoms with Crippen molar-refractivity contribution in [3.8, 4) is 0 Å². The van der Waals surface area contributed by atoms with Crippen LogP contribution in [0, 0.1) is 6.92 Å². The van der Waals surface area contributed by atoms with Crippen molar-refractivity contribution in [2.45, 2.75) is 58.7 Å². The maximum absolute atomic E-state index is 4.54. The van der Waals surface area contributed by atoms with Crippen LogP contribution in [-0.2, 0) is 6.54 Å². The first-order chi connectivity index (χ1) is 9.16. The number of hydrogen-bond acceptors (Lipinski definition) is 3. The van der Waals surface area contributed by atoms with E-state index in [4.69, 9.17) is 0 Å². The van der Waals surface area contributed by atoms with Crippen molar-refractivity contribution in [2.75, 3.05) is 13.1 Å². The molecule has 0 spiro atoms. The summed E-state index contributed by atoms with van der Waals surface area (Å²) in [5.41, 5.74) is 2.54. The summed E-state index contributed by atoms with van der Waals surface area (Å²) < 4.78 is 0. The summed E-state index contributed by atoms with van der Waals surface area (Å²) in [4.78, 5) is 7.15. The molecule has 1 unspecified atom stereocenters. The minimum atomic E-state index is 0.570. The Bertz CT molecular complexity index is 389. The molecule has 0 aliphatic carbocycles. The van der Waals surface area contributed by atoms with Gasteiger partial charge in [-0.2, -0.15) is 0 Å². The largest absolute Gasteiger partial charge is 0.313 e. The fraction of sp³-hybridized carbons (Fsp3) is 0.688. The topological polar surface area (TPSA) is 28.2 Å². The minimum Gasteiger partial charge on any atom is -0.313 e. The Morgan fingerprint density at radius 2 is 2.26 bits per heavy atom. The van der Waals surface area contributed by atoms with Gasteiger partial charge in [-0.05, 0) is 37.9 Å². The van der Waals surface area contributed by atoms with E-state index in [1.807, 2.05) is 12.3 Å². The van der Waals surface area contributed by atoms with Gasteiger partial charge in [-0.3, -0.25) is 9.88 Å². The lowest BCUT2D eigenvalue weighted by Crippen LogP contribution is -2.46. The highest BCUT2D eigenvalue weighted by atomic mass is 15.2. The van der Waals surface area contributed by atoms with E-state index in [-0.39, 0.29) is 0 Å². The molecule has 1 fully saturated rings. The molecule has 1 saturated heterocycles. The van der Waals surface area contributed by atoms with Crippen molar-refractivity contribution in [1.82, 2.24) is 15.2 Å². The van der Waals surface area contributed by atoms with Crippen LogP contribution in [0.2, 0.25) is 0 Å². The molecule has 3 heteroatoms. The van der Waals surface area contributed by atoms with Crippen molar-refractivity contribution in [2.24, 2.45) is 0 Å². The molecule has 19 heavy (non-hydrogen) atoms. The van der Waals surface area contributed by atoms with Crippen LogP contribution in [0.5, 0.6) is 0 Å². The van der Waals surface area contributed by atoms with Gasteiger partial charge in [-0.15, -0.1) is 0 Å². The molecule has 0 saturated carbocycles. The Hall–Kier alpha value is -0.930. The Morgan fingerprint density at radius 1 is 1.42 bits per heavy atom. The van der Waals surface area contributed by atoms with E-state index in [0.717, 1.165) is 13.1 Å². The summed E-state index contributed by atoms with van der Waals surface area (Å²) in [5.74, 6) is 0. The molecule has 1 N–H and O–H groups in total. The van der Waals surface area contributed by atoms with Crippen molar-refractivity contribution in [3.63, 3.8) is 0 Å². The average molecular weight is 261 g/mol. The molecule has 106 valence electrons. The van der Waals surface area contributed by atoms with Gasteiger partial charge in [0.1, 0.15) is 0 Å². The zero-order valence-corrected chi connectivity index (χ0v) is 12.5. The molecule has 3 nitrogen and oxygen atoms in total. The lowest BCUT2D eigenvalue weighted by molar-refractivity contribution is 0.134. The highest BCUT2D eigenvalue weighted by molar-refractivity contribution is 5.17. The van der Waals surface area contributed by atoms with Gasteiger partial charge in [0, 0.05) is 31.4 Å². The molecule has 2 rings (SSSR count). The predicted molar refractivity (Wildman–Crippen MR) is 80.2 cm³/mol. The molecular formula is C16H27N3. The third-order valence-corrected chi connectivity index (χ3v) is 3.98. The highest BCUT2D eigenvalue weighted by Crippen LogP contribution is 2.19. The van der Waals surface area contributed by atoms with Crippen LogP contribution in [0.1, 0.15) is 44.4 Å². The second-order valence-corrected chi connectivity index (χ2v) is 5.95. The quantitative estimate of drug-likeness (QED) is 0.883. The molecule has 0 bridgehead atoms. The maximum Gasteiger partial charge on any atom is 0.0573 e. The van der Waals surface area contributed by atoms with Gasteiger partial charge in [-0.25, -0.2) is 0 Å². The molecule has 1 aromatic heterocycles. The SMILES string of the molecule is Cc1cccnc1CN1CCCCC1CNC(C)C. The summed E-state index contributed by atoms with van der Waals surface area (Å²) in [6.45, 7) is 9.90. The van der Waals surface area contributed by atoms with Crippen LogP contribution in [0.25, 0.3) is 0 Å². The summed E-state index contributed by atoms with van der Waals surface area (Å²) in [7, 11) is 0. The Labute approximate surface area is 117 Å². The number of likely N-dealkylation sites (tertiary alicyclic amines) is 1. The number of piperidine rings is 1. The predicted octanol–water partition coefficient (Wildman–Crippen LogP) is 2.74. The molecule has 0 radical (unpaired) electrons. The van der Waals surface area contributed by atoms with Gasteiger partial charge in [0.15, 0.2) is 0 Å². The summed E-state index contributed by atoms with van der Waals surface area (Å²) in [5, 5.41) is 3.58. The molecular weight excluding hydrogens is 234 g/mol. The van der Waals surface area contributed by atoms with E-state index in [9.17, 15) is 0 Å². The summed E-state index contributed by atoms with van der Waals surface area (Å²) >= 11 is 0. The van der Waals surface area contributed by atoms with Crippen LogP contribution in [0.3, 0.4) is 0 Å². The van der Waals surface area contributed by atoms with Crippen molar-refractivity contribution >= 4 is 0 Å². The van der Waals surface area contributed by atoms with Crippen LogP contribution in [0.4, 0.5) is 0 Å². The number of aromatic nitrogens is 1. The molecule has 0 amide bonds. The number of rotatable bonds is 5. The fourth-order valence-corrected chi connectivity index (χ4v) is 2.75. The van der Waals surface area contributed by atoms with Crippen molar-refractivity contribution in [3.05, 3.63) is 29.6 Å². The summed E-state index contributed by atoms with van der Waals surface area (Å²) in [6.07, 6.45) is 5.91. The number of nitrogens with one attached hydrogen (secondary N) is 1. The fourth-order valence-electron chi connectivity index (χ4n) is 2.75. The molecule has 2 heterocycles. The van der Waals surface area contributed by atoms with Gasteiger partial charge < -0.3 is 5.32 Å². The molecule has 1 aliphatic heterocycles. The van der Waals surface area contributed by atoms with E-state index in [0.29, 0.717) is 12.1 Å². The molecule has 1 aromatic rings. The normalized spacial score (nSPS) is 20.9. The standard InChI is InChI=1S/C16H27N3/c1-13(2)18-11-15-8-4-5-10-19(15)12-16-14(3)7-6-9-17-16/h6-7,9,13,15,18H,4-5,8,10-12H2,1-3H3. The molecule has 0 aromatic carbocycles. The van der Waals surface area contributed by atoms with Gasteiger partial charge >= 0.3 is 0 Å². The number of aryl methyl sites for hydroxylation is 1. The lowest BCUT2D eigenvalue weighted by Gasteiger charge is -2.36. The Kier molecular flexibility index (Phi) is 5.34. The monoisotopic (exact) mass is 261 g/mol. The van der Waals surface area contributed by atoms with Gasteiger partial charge in [0.2, 0.25) is 0 Å². The third kappa shape index (κ3) is 4.29. The number of nitrogens with zero attached hydrogens (tertiary/aromatic N) is 2.